The van der Waals surface area contributed by atoms with Gasteiger partial charge in [-0.2, -0.15) is 0 Å². The molecule has 0 spiro atoms. The van der Waals surface area contributed by atoms with Gasteiger partial charge in [-0.25, -0.2) is 0 Å². The zero-order valence-electron chi connectivity index (χ0n) is 7.60. The summed E-state index contributed by atoms with van der Waals surface area (Å²) in [4.78, 5) is 0. The van der Waals surface area contributed by atoms with E-state index in [1.165, 1.54) is 8.45 Å². The number of nitrogens with one attached hydrogen (secondary N) is 1. The Balaban J connectivity index is 2.80. The molecule has 12 heavy (non-hydrogen) atoms. The topological polar surface area (TPSA) is 12.0 Å². The zero-order chi connectivity index (χ0) is 9.14. The second kappa shape index (κ2) is 4.58. The average Bonchev–Trinajstić information content (AvgIpc) is 2.37. The fraction of sp³-hybridized carbons (Fsp3) is 0.556. The molecule has 1 rings (SSSR count). The first-order chi connectivity index (χ1) is 5.65. The molecule has 1 nitrogen and oxygen atoms in total. The van der Waals surface area contributed by atoms with Gasteiger partial charge in [0.05, 0.1) is 2.88 Å². The van der Waals surface area contributed by atoms with Gasteiger partial charge in [0.25, 0.3) is 0 Å². The molecule has 0 radical (unpaired) electrons. The van der Waals surface area contributed by atoms with Crippen molar-refractivity contribution in [1.82, 2.24) is 5.32 Å². The molecule has 1 aromatic rings. The van der Waals surface area contributed by atoms with Gasteiger partial charge < -0.3 is 5.32 Å². The third-order valence-electron chi connectivity index (χ3n) is 1.92. The fourth-order valence-corrected chi connectivity index (χ4v) is 2.78. The molecule has 1 N–H and O–H groups in total. The van der Waals surface area contributed by atoms with E-state index < -0.39 is 0 Å². The molecular weight excluding hydrogens is 281 g/mol. The van der Waals surface area contributed by atoms with Gasteiger partial charge in [0.2, 0.25) is 0 Å². The van der Waals surface area contributed by atoms with Crippen LogP contribution < -0.4 is 5.32 Å². The Labute approximate surface area is 91.7 Å². The molecule has 1 aromatic heterocycles. The second-order valence-corrected chi connectivity index (χ2v) is 6.00. The lowest BCUT2D eigenvalue weighted by atomic mass is 9.99. The Bertz CT molecular complexity index is 244. The van der Waals surface area contributed by atoms with Gasteiger partial charge in [0, 0.05) is 6.04 Å². The monoisotopic (exact) mass is 295 g/mol. The van der Waals surface area contributed by atoms with E-state index in [4.69, 9.17) is 0 Å². The largest absolute Gasteiger partial charge is 0.313 e. The van der Waals surface area contributed by atoms with Gasteiger partial charge in [0.15, 0.2) is 0 Å². The van der Waals surface area contributed by atoms with E-state index in [0.717, 1.165) is 0 Å². The number of thiophene rings is 1. The molecule has 0 aliphatic rings. The number of hydrogen-bond acceptors (Lipinski definition) is 2. The quantitative estimate of drug-likeness (QED) is 0.844. The molecule has 3 heteroatoms. The lowest BCUT2D eigenvalue weighted by Crippen LogP contribution is -2.20. The predicted octanol–water partition coefficient (Wildman–Crippen LogP) is 3.27. The average molecular weight is 295 g/mol. The van der Waals surface area contributed by atoms with E-state index in [0.29, 0.717) is 12.0 Å². The van der Waals surface area contributed by atoms with E-state index in [1.807, 2.05) is 18.4 Å². The van der Waals surface area contributed by atoms with Crippen molar-refractivity contribution in [3.8, 4) is 0 Å². The van der Waals surface area contributed by atoms with E-state index in [2.05, 4.69) is 53.2 Å². The first kappa shape index (κ1) is 10.5. The van der Waals surface area contributed by atoms with Gasteiger partial charge in [0.1, 0.15) is 0 Å². The molecule has 0 aromatic carbocycles. The molecule has 1 heterocycles. The van der Waals surface area contributed by atoms with Crippen LogP contribution in [0.4, 0.5) is 0 Å². The summed E-state index contributed by atoms with van der Waals surface area (Å²) in [6, 6.07) is 2.76. The highest BCUT2D eigenvalue weighted by atomic mass is 127. The molecule has 1 unspecified atom stereocenters. The van der Waals surface area contributed by atoms with E-state index in [1.54, 1.807) is 0 Å². The van der Waals surface area contributed by atoms with Crippen molar-refractivity contribution in [2.75, 3.05) is 7.05 Å². The predicted molar refractivity (Wildman–Crippen MR) is 63.7 cm³/mol. The van der Waals surface area contributed by atoms with Crippen LogP contribution in [-0.4, -0.2) is 7.05 Å². The van der Waals surface area contributed by atoms with Crippen LogP contribution in [0.2, 0.25) is 0 Å². The third kappa shape index (κ3) is 2.44. The highest BCUT2D eigenvalue weighted by Gasteiger charge is 2.14. The maximum Gasteiger partial charge on any atom is 0.0656 e. The maximum absolute atomic E-state index is 3.33. The normalized spacial score (nSPS) is 13.8. The Hall–Kier alpha value is 0.390. The summed E-state index contributed by atoms with van der Waals surface area (Å²) < 4.78 is 1.36. The minimum atomic E-state index is 0.504. The molecule has 0 saturated heterocycles. The number of halogens is 1. The van der Waals surface area contributed by atoms with Gasteiger partial charge in [-0.05, 0) is 52.6 Å². The van der Waals surface area contributed by atoms with E-state index in [9.17, 15) is 0 Å². The summed E-state index contributed by atoms with van der Waals surface area (Å²) in [6.07, 6.45) is 0. The van der Waals surface area contributed by atoms with Crippen LogP contribution in [0, 0.1) is 8.80 Å². The summed E-state index contributed by atoms with van der Waals surface area (Å²) in [7, 11) is 2.02. The summed E-state index contributed by atoms with van der Waals surface area (Å²) >= 11 is 4.18. The molecule has 0 aliphatic carbocycles. The van der Waals surface area contributed by atoms with Crippen LogP contribution in [0.15, 0.2) is 11.4 Å². The molecule has 1 atom stereocenters. The van der Waals surface area contributed by atoms with Crippen LogP contribution in [0.1, 0.15) is 25.5 Å². The first-order valence-electron chi connectivity index (χ1n) is 4.06. The fourth-order valence-electron chi connectivity index (χ4n) is 1.37. The molecule has 68 valence electrons. The minimum Gasteiger partial charge on any atom is -0.313 e. The van der Waals surface area contributed by atoms with Crippen molar-refractivity contribution in [1.29, 1.82) is 0 Å². The van der Waals surface area contributed by atoms with Gasteiger partial charge in [-0.3, -0.25) is 0 Å². The van der Waals surface area contributed by atoms with Crippen molar-refractivity contribution in [2.45, 2.75) is 19.9 Å². The van der Waals surface area contributed by atoms with Crippen molar-refractivity contribution >= 4 is 33.9 Å². The molecule has 0 saturated carbocycles. The van der Waals surface area contributed by atoms with Crippen molar-refractivity contribution in [3.05, 3.63) is 19.9 Å². The van der Waals surface area contributed by atoms with E-state index >= 15 is 0 Å². The lowest BCUT2D eigenvalue weighted by Gasteiger charge is -2.18. The second-order valence-electron chi connectivity index (χ2n) is 3.19. The smallest absolute Gasteiger partial charge is 0.0656 e. The van der Waals surface area contributed by atoms with Crippen molar-refractivity contribution in [2.24, 2.45) is 5.92 Å². The summed E-state index contributed by atoms with van der Waals surface area (Å²) in [5, 5.41) is 5.57. The van der Waals surface area contributed by atoms with Crippen LogP contribution in [0.25, 0.3) is 0 Å². The minimum absolute atomic E-state index is 0.504. The highest BCUT2D eigenvalue weighted by molar-refractivity contribution is 14.1. The number of rotatable bonds is 3. The van der Waals surface area contributed by atoms with Gasteiger partial charge in [-0.15, -0.1) is 11.3 Å². The van der Waals surface area contributed by atoms with Gasteiger partial charge in [-0.1, -0.05) is 13.8 Å². The Morgan fingerprint density at radius 1 is 1.50 bits per heavy atom. The molecule has 0 bridgehead atoms. The molecule has 0 aliphatic heterocycles. The lowest BCUT2D eigenvalue weighted by molar-refractivity contribution is 0.444. The maximum atomic E-state index is 3.33. The van der Waals surface area contributed by atoms with Crippen molar-refractivity contribution in [3.63, 3.8) is 0 Å². The highest BCUT2D eigenvalue weighted by Crippen LogP contribution is 2.26. The Morgan fingerprint density at radius 2 is 2.17 bits per heavy atom. The standard InChI is InChI=1S/C9H14INS/c1-6(2)9(11-3)7-4-8(10)12-5-7/h4-6,9,11H,1-3H3. The summed E-state index contributed by atoms with van der Waals surface area (Å²) in [5.41, 5.74) is 1.42. The van der Waals surface area contributed by atoms with Crippen LogP contribution in [0.3, 0.4) is 0 Å². The Kier molecular flexibility index (Phi) is 3.99. The summed E-state index contributed by atoms with van der Waals surface area (Å²) in [5.74, 6) is 0.653. The van der Waals surface area contributed by atoms with Crippen LogP contribution in [-0.2, 0) is 0 Å². The van der Waals surface area contributed by atoms with Gasteiger partial charge >= 0.3 is 0 Å². The van der Waals surface area contributed by atoms with Crippen LogP contribution >= 0.6 is 33.9 Å². The SMILES string of the molecule is CNC(c1csc(I)c1)C(C)C. The summed E-state index contributed by atoms with van der Waals surface area (Å²) in [6.45, 7) is 4.48. The Morgan fingerprint density at radius 3 is 2.50 bits per heavy atom. The molecular formula is C9H14INS. The van der Waals surface area contributed by atoms with Crippen LogP contribution in [0.5, 0.6) is 0 Å². The molecule has 0 fully saturated rings. The first-order valence-corrected chi connectivity index (χ1v) is 6.02. The third-order valence-corrected chi connectivity index (χ3v) is 3.73. The van der Waals surface area contributed by atoms with Crippen molar-refractivity contribution < 1.29 is 0 Å². The molecule has 0 amide bonds. The zero-order valence-corrected chi connectivity index (χ0v) is 10.6. The number of hydrogen-bond donors (Lipinski definition) is 1. The van der Waals surface area contributed by atoms with E-state index in [-0.39, 0.29) is 0 Å².